The first-order chi connectivity index (χ1) is 10.9. The van der Waals surface area contributed by atoms with E-state index in [2.05, 4.69) is 15.9 Å². The van der Waals surface area contributed by atoms with Crippen molar-refractivity contribution in [1.29, 1.82) is 0 Å². The van der Waals surface area contributed by atoms with Gasteiger partial charge >= 0.3 is 6.03 Å². The molecule has 1 atom stereocenters. The van der Waals surface area contributed by atoms with E-state index in [0.29, 0.717) is 10.2 Å². The van der Waals surface area contributed by atoms with Crippen molar-refractivity contribution in [3.05, 3.63) is 40.9 Å². The largest absolute Gasteiger partial charge is 0.338 e. The summed E-state index contributed by atoms with van der Waals surface area (Å²) >= 11 is 3.27. The highest BCUT2D eigenvalue weighted by Crippen LogP contribution is 2.27. The summed E-state index contributed by atoms with van der Waals surface area (Å²) < 4.78 is 0.673. The van der Waals surface area contributed by atoms with Crippen molar-refractivity contribution in [1.82, 2.24) is 4.90 Å². The Morgan fingerprint density at radius 1 is 1.26 bits per heavy atom. The minimum Gasteiger partial charge on any atom is -0.299 e. The van der Waals surface area contributed by atoms with Gasteiger partial charge in [0.1, 0.15) is 0 Å². The average Bonchev–Trinajstić information content (AvgIpc) is 2.46. The lowest BCUT2D eigenvalue weighted by Crippen LogP contribution is -2.61. The quantitative estimate of drug-likeness (QED) is 0.595. The second kappa shape index (κ2) is 6.87. The number of rotatable bonds is 4. The fourth-order valence-electron chi connectivity index (χ4n) is 2.28. The minimum atomic E-state index is -1.49. The monoisotopic (exact) mass is 378 g/mol. The zero-order valence-electron chi connectivity index (χ0n) is 12.7. The molecular formula is C16H15BrN2O4. The van der Waals surface area contributed by atoms with Gasteiger partial charge in [-0.1, -0.05) is 34.1 Å². The zero-order chi connectivity index (χ0) is 17.1. The van der Waals surface area contributed by atoms with Crippen LogP contribution in [-0.2, 0) is 14.4 Å². The minimum absolute atomic E-state index is 0.00965. The standard InChI is InChI=1S/C16H15BrN2O4/c1-3-4-8-18-14(21)13(10(2)20)15(22)19(16(18)23)12-7-5-6-11(17)9-12/h3-7,9,13H,8H2,1-2H3. The zero-order valence-corrected chi connectivity index (χ0v) is 14.2. The summed E-state index contributed by atoms with van der Waals surface area (Å²) in [6.45, 7) is 2.93. The molecular weight excluding hydrogens is 364 g/mol. The topological polar surface area (TPSA) is 74.8 Å². The molecule has 0 radical (unpaired) electrons. The third-order valence-corrected chi connectivity index (χ3v) is 3.89. The van der Waals surface area contributed by atoms with E-state index in [1.807, 2.05) is 0 Å². The first kappa shape index (κ1) is 17.1. The molecule has 0 saturated carbocycles. The molecule has 2 rings (SSSR count). The first-order valence-electron chi connectivity index (χ1n) is 6.95. The second-order valence-electron chi connectivity index (χ2n) is 5.00. The van der Waals surface area contributed by atoms with E-state index in [0.717, 1.165) is 9.80 Å². The van der Waals surface area contributed by atoms with E-state index in [1.165, 1.54) is 6.92 Å². The number of urea groups is 1. The fraction of sp³-hybridized carbons (Fsp3) is 0.250. The number of imide groups is 2. The predicted octanol–water partition coefficient (Wildman–Crippen LogP) is 2.53. The van der Waals surface area contributed by atoms with E-state index in [9.17, 15) is 19.2 Å². The highest BCUT2D eigenvalue weighted by atomic mass is 79.9. The molecule has 6 nitrogen and oxygen atoms in total. The van der Waals surface area contributed by atoms with Gasteiger partial charge in [-0.05, 0) is 32.0 Å². The molecule has 0 spiro atoms. The SMILES string of the molecule is CC=CCN1C(=O)C(C(C)=O)C(=O)N(c2cccc(Br)c2)C1=O. The smallest absolute Gasteiger partial charge is 0.299 e. The lowest BCUT2D eigenvalue weighted by atomic mass is 9.98. The van der Waals surface area contributed by atoms with Crippen LogP contribution in [0.1, 0.15) is 13.8 Å². The molecule has 1 aliphatic rings. The van der Waals surface area contributed by atoms with Crippen LogP contribution in [0.2, 0.25) is 0 Å². The number of nitrogens with zero attached hydrogens (tertiary/aromatic N) is 2. The number of anilines is 1. The lowest BCUT2D eigenvalue weighted by molar-refractivity contribution is -0.145. The van der Waals surface area contributed by atoms with Gasteiger partial charge < -0.3 is 0 Å². The van der Waals surface area contributed by atoms with Gasteiger partial charge in [-0.15, -0.1) is 0 Å². The summed E-state index contributed by atoms with van der Waals surface area (Å²) in [5.74, 6) is -3.67. The van der Waals surface area contributed by atoms with Crippen LogP contribution in [0.4, 0.5) is 10.5 Å². The Morgan fingerprint density at radius 3 is 2.52 bits per heavy atom. The van der Waals surface area contributed by atoms with E-state index >= 15 is 0 Å². The third kappa shape index (κ3) is 3.24. The van der Waals surface area contributed by atoms with Crippen molar-refractivity contribution in [2.75, 3.05) is 11.4 Å². The molecule has 1 aromatic rings. The molecule has 1 aromatic carbocycles. The van der Waals surface area contributed by atoms with E-state index in [1.54, 1.807) is 43.3 Å². The number of barbiturate groups is 1. The highest BCUT2D eigenvalue weighted by molar-refractivity contribution is 9.10. The van der Waals surface area contributed by atoms with Crippen molar-refractivity contribution < 1.29 is 19.2 Å². The Morgan fingerprint density at radius 2 is 1.96 bits per heavy atom. The second-order valence-corrected chi connectivity index (χ2v) is 5.91. The molecule has 0 aliphatic carbocycles. The van der Waals surface area contributed by atoms with Gasteiger partial charge in [0.2, 0.25) is 0 Å². The van der Waals surface area contributed by atoms with Gasteiger partial charge in [-0.25, -0.2) is 9.69 Å². The maximum absolute atomic E-state index is 12.6. The van der Waals surface area contributed by atoms with Gasteiger partial charge in [0.15, 0.2) is 11.7 Å². The summed E-state index contributed by atoms with van der Waals surface area (Å²) in [6.07, 6.45) is 3.30. The Hall–Kier alpha value is -2.28. The Bertz CT molecular complexity index is 714. The van der Waals surface area contributed by atoms with Crippen molar-refractivity contribution >= 4 is 45.2 Å². The molecule has 4 amide bonds. The molecule has 1 aliphatic heterocycles. The van der Waals surface area contributed by atoms with Crippen molar-refractivity contribution in [2.24, 2.45) is 5.92 Å². The van der Waals surface area contributed by atoms with Gasteiger partial charge in [0, 0.05) is 11.0 Å². The predicted molar refractivity (Wildman–Crippen MR) is 87.7 cm³/mol. The average molecular weight is 379 g/mol. The molecule has 23 heavy (non-hydrogen) atoms. The van der Waals surface area contributed by atoms with Gasteiger partial charge in [-0.2, -0.15) is 0 Å². The van der Waals surface area contributed by atoms with E-state index in [4.69, 9.17) is 0 Å². The highest BCUT2D eigenvalue weighted by Gasteiger charge is 2.48. The van der Waals surface area contributed by atoms with Crippen LogP contribution in [0.25, 0.3) is 0 Å². The van der Waals surface area contributed by atoms with Crippen molar-refractivity contribution in [3.8, 4) is 0 Å². The number of Topliss-reactive ketones (excluding diaryl/α,β-unsaturated/α-hetero) is 1. The lowest BCUT2D eigenvalue weighted by Gasteiger charge is -2.35. The number of halogens is 1. The molecule has 1 unspecified atom stereocenters. The van der Waals surface area contributed by atoms with Gasteiger partial charge in [-0.3, -0.25) is 19.3 Å². The summed E-state index contributed by atoms with van der Waals surface area (Å²) in [6, 6.07) is 5.80. The van der Waals surface area contributed by atoms with Gasteiger partial charge in [0.25, 0.3) is 11.8 Å². The summed E-state index contributed by atoms with van der Waals surface area (Å²) in [4.78, 5) is 51.0. The molecule has 120 valence electrons. The molecule has 0 N–H and O–H groups in total. The Labute approximate surface area is 141 Å². The number of hydrogen-bond acceptors (Lipinski definition) is 4. The van der Waals surface area contributed by atoms with Gasteiger partial charge in [0.05, 0.1) is 5.69 Å². The number of carbonyl (C=O) groups is 4. The van der Waals surface area contributed by atoms with Crippen LogP contribution in [-0.4, -0.2) is 35.1 Å². The van der Waals surface area contributed by atoms with Crippen LogP contribution in [0, 0.1) is 5.92 Å². The molecule has 0 bridgehead atoms. The number of benzene rings is 1. The Balaban J connectivity index is 2.51. The summed E-state index contributed by atoms with van der Waals surface area (Å²) in [7, 11) is 0. The van der Waals surface area contributed by atoms with Crippen LogP contribution in [0.5, 0.6) is 0 Å². The molecule has 1 saturated heterocycles. The normalized spacial score (nSPS) is 18.9. The number of amides is 4. The third-order valence-electron chi connectivity index (χ3n) is 3.40. The number of allylic oxidation sites excluding steroid dienone is 1. The van der Waals surface area contributed by atoms with E-state index < -0.39 is 29.5 Å². The number of ketones is 1. The first-order valence-corrected chi connectivity index (χ1v) is 7.74. The number of carbonyl (C=O) groups excluding carboxylic acids is 4. The molecule has 1 fully saturated rings. The van der Waals surface area contributed by atoms with Crippen molar-refractivity contribution in [3.63, 3.8) is 0 Å². The molecule has 0 aromatic heterocycles. The maximum atomic E-state index is 12.6. The van der Waals surface area contributed by atoms with E-state index in [-0.39, 0.29) is 6.54 Å². The Kier molecular flexibility index (Phi) is 5.10. The van der Waals surface area contributed by atoms with Crippen molar-refractivity contribution in [2.45, 2.75) is 13.8 Å². The molecule has 7 heteroatoms. The van der Waals surface area contributed by atoms with Crippen LogP contribution >= 0.6 is 15.9 Å². The van der Waals surface area contributed by atoms with Crippen LogP contribution < -0.4 is 4.90 Å². The number of hydrogen-bond donors (Lipinski definition) is 0. The summed E-state index contributed by atoms with van der Waals surface area (Å²) in [5, 5.41) is 0. The fourth-order valence-corrected chi connectivity index (χ4v) is 2.67. The van der Waals surface area contributed by atoms with Crippen LogP contribution in [0.15, 0.2) is 40.9 Å². The molecule has 1 heterocycles. The summed E-state index contributed by atoms with van der Waals surface area (Å²) in [5.41, 5.74) is 0.304. The maximum Gasteiger partial charge on any atom is 0.338 e. The van der Waals surface area contributed by atoms with Crippen LogP contribution in [0.3, 0.4) is 0 Å².